The number of anilines is 3. The third kappa shape index (κ3) is 2.32. The summed E-state index contributed by atoms with van der Waals surface area (Å²) in [5.74, 6) is 0.678. The van der Waals surface area contributed by atoms with Crippen LogP contribution in [0.4, 0.5) is 26.1 Å². The van der Waals surface area contributed by atoms with E-state index in [1.54, 1.807) is 6.07 Å². The molecule has 3 rings (SSSR count). The van der Waals surface area contributed by atoms with Crippen LogP contribution in [0.2, 0.25) is 0 Å². The van der Waals surface area contributed by atoms with Crippen molar-refractivity contribution in [1.29, 1.82) is 0 Å². The molecule has 0 aliphatic carbocycles. The van der Waals surface area contributed by atoms with Crippen LogP contribution in [-0.4, -0.2) is 16.3 Å². The number of alkyl halides is 2. The molecular weight excluding hydrogens is 258 g/mol. The first-order valence-corrected chi connectivity index (χ1v) is 5.26. The largest absolute Gasteiger partial charge is 0.586 e. The van der Waals surface area contributed by atoms with E-state index in [0.29, 0.717) is 17.3 Å². The van der Waals surface area contributed by atoms with E-state index in [4.69, 9.17) is 5.73 Å². The Morgan fingerprint density at radius 3 is 2.68 bits per heavy atom. The second kappa shape index (κ2) is 3.94. The van der Waals surface area contributed by atoms with Crippen LogP contribution in [0, 0.1) is 0 Å². The first-order valence-electron chi connectivity index (χ1n) is 5.26. The molecule has 0 fully saturated rings. The van der Waals surface area contributed by atoms with E-state index in [9.17, 15) is 8.78 Å². The first-order chi connectivity index (χ1) is 9.02. The lowest BCUT2D eigenvalue weighted by Crippen LogP contribution is -2.25. The maximum Gasteiger partial charge on any atom is 0.586 e. The van der Waals surface area contributed by atoms with Gasteiger partial charge in [0.15, 0.2) is 11.5 Å². The number of hydrogen-bond acceptors (Lipinski definition) is 6. The van der Waals surface area contributed by atoms with E-state index < -0.39 is 6.29 Å². The number of nitrogens with one attached hydrogen (secondary N) is 1. The summed E-state index contributed by atoms with van der Waals surface area (Å²) < 4.78 is 34.3. The fraction of sp³-hybridized carbons (Fsp3) is 0.0909. The molecule has 6 nitrogen and oxygen atoms in total. The van der Waals surface area contributed by atoms with Gasteiger partial charge in [0.25, 0.3) is 0 Å². The summed E-state index contributed by atoms with van der Waals surface area (Å²) in [6.45, 7) is 0. The van der Waals surface area contributed by atoms with Crippen LogP contribution in [0.1, 0.15) is 0 Å². The smallest absolute Gasteiger partial charge is 0.395 e. The Labute approximate surface area is 106 Å². The van der Waals surface area contributed by atoms with Crippen LogP contribution in [0.25, 0.3) is 0 Å². The number of nitrogen functional groups attached to an aromatic ring is 1. The number of rotatable bonds is 2. The third-order valence-electron chi connectivity index (χ3n) is 2.36. The van der Waals surface area contributed by atoms with Crippen molar-refractivity contribution in [1.82, 2.24) is 9.97 Å². The van der Waals surface area contributed by atoms with Crippen molar-refractivity contribution in [3.63, 3.8) is 0 Å². The number of ether oxygens (including phenoxy) is 2. The lowest BCUT2D eigenvalue weighted by molar-refractivity contribution is -0.286. The fourth-order valence-electron chi connectivity index (χ4n) is 1.62. The third-order valence-corrected chi connectivity index (χ3v) is 2.36. The molecule has 2 heterocycles. The van der Waals surface area contributed by atoms with Gasteiger partial charge in [0.1, 0.15) is 18.0 Å². The average molecular weight is 266 g/mol. The van der Waals surface area contributed by atoms with E-state index in [1.165, 1.54) is 24.5 Å². The van der Waals surface area contributed by atoms with E-state index in [1.807, 2.05) is 0 Å². The molecular formula is C11H8F2N4O2. The second-order valence-corrected chi connectivity index (χ2v) is 3.78. The standard InChI is InChI=1S/C11H8F2N4O2/c12-11(13)18-7-2-1-6(3-8(7)19-11)17-10-4-9(14)15-5-16-10/h1-5H,(H3,14,15,16,17). The fourth-order valence-corrected chi connectivity index (χ4v) is 1.62. The molecule has 98 valence electrons. The van der Waals surface area contributed by atoms with Crippen LogP contribution >= 0.6 is 0 Å². The molecule has 0 radical (unpaired) electrons. The molecule has 0 saturated carbocycles. The van der Waals surface area contributed by atoms with Crippen molar-refractivity contribution in [2.24, 2.45) is 0 Å². The molecule has 2 aromatic rings. The lowest BCUT2D eigenvalue weighted by Gasteiger charge is -2.06. The highest BCUT2D eigenvalue weighted by Crippen LogP contribution is 2.42. The van der Waals surface area contributed by atoms with Gasteiger partial charge < -0.3 is 20.5 Å². The summed E-state index contributed by atoms with van der Waals surface area (Å²) in [7, 11) is 0. The molecule has 0 atom stereocenters. The summed E-state index contributed by atoms with van der Waals surface area (Å²) in [4.78, 5) is 7.68. The van der Waals surface area contributed by atoms with Crippen molar-refractivity contribution in [3.8, 4) is 11.5 Å². The Hall–Kier alpha value is -2.64. The van der Waals surface area contributed by atoms with Crippen molar-refractivity contribution in [3.05, 3.63) is 30.6 Å². The van der Waals surface area contributed by atoms with E-state index in [2.05, 4.69) is 24.8 Å². The number of aromatic nitrogens is 2. The summed E-state index contributed by atoms with van der Waals surface area (Å²) in [5.41, 5.74) is 6.02. The number of nitrogens with zero attached hydrogens (tertiary/aromatic N) is 2. The van der Waals surface area contributed by atoms with Gasteiger partial charge in [-0.2, -0.15) is 0 Å². The molecule has 1 aromatic heterocycles. The van der Waals surface area contributed by atoms with Gasteiger partial charge in [-0.15, -0.1) is 8.78 Å². The normalized spacial score (nSPS) is 15.3. The topological polar surface area (TPSA) is 82.3 Å². The molecule has 0 spiro atoms. The lowest BCUT2D eigenvalue weighted by atomic mass is 10.3. The number of halogens is 2. The minimum absolute atomic E-state index is 0.0160. The quantitative estimate of drug-likeness (QED) is 0.866. The molecule has 1 aromatic carbocycles. The van der Waals surface area contributed by atoms with Crippen molar-refractivity contribution in [2.45, 2.75) is 6.29 Å². The van der Waals surface area contributed by atoms with Gasteiger partial charge in [0.2, 0.25) is 0 Å². The monoisotopic (exact) mass is 266 g/mol. The predicted octanol–water partition coefficient (Wildman–Crippen LogP) is 2.12. The molecule has 1 aliphatic heterocycles. The average Bonchev–Trinajstić information content (AvgIpc) is 2.62. The van der Waals surface area contributed by atoms with E-state index >= 15 is 0 Å². The van der Waals surface area contributed by atoms with Crippen LogP contribution in [0.5, 0.6) is 11.5 Å². The first kappa shape index (κ1) is 11.5. The van der Waals surface area contributed by atoms with E-state index in [-0.39, 0.29) is 11.5 Å². The maximum atomic E-state index is 12.8. The minimum Gasteiger partial charge on any atom is -0.395 e. The number of benzene rings is 1. The zero-order chi connectivity index (χ0) is 13.5. The predicted molar refractivity (Wildman–Crippen MR) is 62.4 cm³/mol. The number of hydrogen-bond donors (Lipinski definition) is 2. The van der Waals surface area contributed by atoms with Crippen molar-refractivity contribution < 1.29 is 18.3 Å². The van der Waals surface area contributed by atoms with Crippen LogP contribution in [0.15, 0.2) is 30.6 Å². The van der Waals surface area contributed by atoms with Crippen LogP contribution < -0.4 is 20.5 Å². The summed E-state index contributed by atoms with van der Waals surface area (Å²) in [6, 6.07) is 5.83. The molecule has 0 saturated heterocycles. The maximum absolute atomic E-state index is 12.8. The van der Waals surface area contributed by atoms with Crippen LogP contribution in [0.3, 0.4) is 0 Å². The zero-order valence-corrected chi connectivity index (χ0v) is 9.43. The molecule has 3 N–H and O–H groups in total. The van der Waals surface area contributed by atoms with Crippen molar-refractivity contribution in [2.75, 3.05) is 11.1 Å². The van der Waals surface area contributed by atoms with Gasteiger partial charge in [-0.25, -0.2) is 9.97 Å². The van der Waals surface area contributed by atoms with Gasteiger partial charge in [-0.05, 0) is 12.1 Å². The highest BCUT2D eigenvalue weighted by Gasteiger charge is 2.43. The molecule has 0 bridgehead atoms. The molecule has 0 unspecified atom stereocenters. The zero-order valence-electron chi connectivity index (χ0n) is 9.43. The van der Waals surface area contributed by atoms with E-state index in [0.717, 1.165) is 0 Å². The number of fused-ring (bicyclic) bond motifs is 1. The Balaban J connectivity index is 1.85. The number of nitrogens with two attached hydrogens (primary N) is 1. The Morgan fingerprint density at radius 2 is 1.89 bits per heavy atom. The van der Waals surface area contributed by atoms with Gasteiger partial charge >= 0.3 is 6.29 Å². The highest BCUT2D eigenvalue weighted by atomic mass is 19.3. The summed E-state index contributed by atoms with van der Waals surface area (Å²) in [6.07, 6.45) is -2.33. The highest BCUT2D eigenvalue weighted by molar-refractivity contribution is 5.63. The SMILES string of the molecule is Nc1cc(Nc2ccc3c(c2)OC(F)(F)O3)ncn1. The minimum atomic E-state index is -3.62. The Kier molecular flexibility index (Phi) is 2.37. The van der Waals surface area contributed by atoms with Crippen LogP contribution in [-0.2, 0) is 0 Å². The molecule has 0 amide bonds. The Bertz CT molecular complexity index is 636. The molecule has 8 heteroatoms. The van der Waals surface area contributed by atoms with Gasteiger partial charge in [0.05, 0.1) is 0 Å². The summed E-state index contributed by atoms with van der Waals surface area (Å²) in [5, 5.41) is 2.89. The Morgan fingerprint density at radius 1 is 1.11 bits per heavy atom. The molecule has 1 aliphatic rings. The van der Waals surface area contributed by atoms with Gasteiger partial charge in [-0.1, -0.05) is 0 Å². The second-order valence-electron chi connectivity index (χ2n) is 3.78. The van der Waals surface area contributed by atoms with Crippen molar-refractivity contribution >= 4 is 17.3 Å². The molecule has 19 heavy (non-hydrogen) atoms. The summed E-state index contributed by atoms with van der Waals surface area (Å²) >= 11 is 0. The van der Waals surface area contributed by atoms with Gasteiger partial charge in [-0.3, -0.25) is 0 Å². The van der Waals surface area contributed by atoms with Gasteiger partial charge in [0, 0.05) is 17.8 Å².